The summed E-state index contributed by atoms with van der Waals surface area (Å²) >= 11 is 0. The topological polar surface area (TPSA) is 65.5 Å². The minimum absolute atomic E-state index is 0.0326. The third kappa shape index (κ3) is 4.35. The van der Waals surface area contributed by atoms with Crippen molar-refractivity contribution in [3.8, 4) is 11.3 Å². The molecule has 0 saturated carbocycles. The van der Waals surface area contributed by atoms with Gasteiger partial charge in [0.1, 0.15) is 0 Å². The van der Waals surface area contributed by atoms with Crippen LogP contribution in [0.3, 0.4) is 0 Å². The van der Waals surface area contributed by atoms with Crippen molar-refractivity contribution in [3.05, 3.63) is 96.1 Å². The molecule has 0 atom stereocenters. The number of carbonyl (C=O) groups excluding carboxylic acids is 2. The van der Waals surface area contributed by atoms with E-state index in [0.29, 0.717) is 31.7 Å². The summed E-state index contributed by atoms with van der Waals surface area (Å²) in [6.45, 7) is 3.90. The first-order valence-electron chi connectivity index (χ1n) is 11.5. The molecule has 1 aliphatic rings. The van der Waals surface area contributed by atoms with Crippen LogP contribution in [0.4, 0.5) is 10.5 Å². The first-order valence-corrected chi connectivity index (χ1v) is 11.5. The van der Waals surface area contributed by atoms with Crippen molar-refractivity contribution in [3.63, 3.8) is 0 Å². The molecule has 1 aliphatic heterocycles. The zero-order valence-electron chi connectivity index (χ0n) is 19.1. The Hall–Kier alpha value is -4.19. The van der Waals surface area contributed by atoms with Crippen LogP contribution in [0.25, 0.3) is 22.2 Å². The summed E-state index contributed by atoms with van der Waals surface area (Å²) in [4.78, 5) is 34.7. The Balaban J connectivity index is 1.34. The van der Waals surface area contributed by atoms with Gasteiger partial charge in [0.25, 0.3) is 5.91 Å². The second-order valence-corrected chi connectivity index (χ2v) is 8.46. The molecule has 6 heteroatoms. The van der Waals surface area contributed by atoms with Crippen LogP contribution in [0, 0.1) is 6.92 Å². The highest BCUT2D eigenvalue weighted by molar-refractivity contribution is 6.07. The van der Waals surface area contributed by atoms with Crippen molar-refractivity contribution in [1.29, 1.82) is 0 Å². The second kappa shape index (κ2) is 9.35. The van der Waals surface area contributed by atoms with Crippen LogP contribution < -0.4 is 5.32 Å². The van der Waals surface area contributed by atoms with E-state index >= 15 is 0 Å². The summed E-state index contributed by atoms with van der Waals surface area (Å²) in [7, 11) is 0. The molecule has 170 valence electrons. The Morgan fingerprint density at radius 3 is 2.21 bits per heavy atom. The van der Waals surface area contributed by atoms with Crippen LogP contribution in [-0.2, 0) is 0 Å². The SMILES string of the molecule is Cc1ccccc1NC(=O)N1CCN(C(=O)c2cc(-c3ccccc3)nc3ccccc23)CC1. The molecule has 0 unspecified atom stereocenters. The number of rotatable bonds is 3. The summed E-state index contributed by atoms with van der Waals surface area (Å²) in [5.74, 6) is -0.0326. The molecule has 0 aliphatic carbocycles. The Bertz CT molecular complexity index is 1350. The lowest BCUT2D eigenvalue weighted by molar-refractivity contribution is 0.0673. The molecule has 3 amide bonds. The quantitative estimate of drug-likeness (QED) is 0.467. The van der Waals surface area contributed by atoms with Crippen LogP contribution in [-0.4, -0.2) is 52.9 Å². The summed E-state index contributed by atoms with van der Waals surface area (Å²) in [5.41, 5.74) is 5.01. The normalized spacial score (nSPS) is 13.7. The number of anilines is 1. The lowest BCUT2D eigenvalue weighted by Gasteiger charge is -2.35. The third-order valence-electron chi connectivity index (χ3n) is 6.26. The number of carbonyl (C=O) groups is 2. The number of hydrogen-bond donors (Lipinski definition) is 1. The van der Waals surface area contributed by atoms with E-state index in [2.05, 4.69) is 5.32 Å². The number of nitrogens with one attached hydrogen (secondary N) is 1. The zero-order chi connectivity index (χ0) is 23.5. The molecule has 4 aromatic rings. The van der Waals surface area contributed by atoms with Crippen LogP contribution in [0.15, 0.2) is 84.9 Å². The fourth-order valence-electron chi connectivity index (χ4n) is 4.30. The number of piperazine rings is 1. The fraction of sp³-hybridized carbons (Fsp3) is 0.179. The monoisotopic (exact) mass is 450 g/mol. The van der Waals surface area contributed by atoms with Gasteiger partial charge in [0.15, 0.2) is 0 Å². The minimum Gasteiger partial charge on any atom is -0.335 e. The summed E-state index contributed by atoms with van der Waals surface area (Å²) in [6, 6.07) is 27.1. The van der Waals surface area contributed by atoms with Crippen molar-refractivity contribution >= 4 is 28.5 Å². The van der Waals surface area contributed by atoms with Crippen molar-refractivity contribution in [2.45, 2.75) is 6.92 Å². The molecule has 34 heavy (non-hydrogen) atoms. The highest BCUT2D eigenvalue weighted by atomic mass is 16.2. The van der Waals surface area contributed by atoms with Gasteiger partial charge in [0.2, 0.25) is 0 Å². The molecule has 5 rings (SSSR count). The predicted octanol–water partition coefficient (Wildman–Crippen LogP) is 5.20. The molecule has 1 N–H and O–H groups in total. The van der Waals surface area contributed by atoms with Gasteiger partial charge in [-0.2, -0.15) is 0 Å². The molecule has 0 spiro atoms. The molecule has 1 aromatic heterocycles. The smallest absolute Gasteiger partial charge is 0.321 e. The fourth-order valence-corrected chi connectivity index (χ4v) is 4.30. The third-order valence-corrected chi connectivity index (χ3v) is 6.26. The highest BCUT2D eigenvalue weighted by Crippen LogP contribution is 2.26. The lowest BCUT2D eigenvalue weighted by atomic mass is 10.0. The Labute approximate surface area is 198 Å². The standard InChI is InChI=1S/C28H26N4O2/c1-20-9-5-7-13-24(20)30-28(34)32-17-15-31(16-18-32)27(33)23-19-26(21-10-3-2-4-11-21)29-25-14-8-6-12-22(23)25/h2-14,19H,15-18H2,1H3,(H,30,34). The largest absolute Gasteiger partial charge is 0.335 e. The van der Waals surface area contributed by atoms with Gasteiger partial charge in [-0.3, -0.25) is 4.79 Å². The number of benzene rings is 3. The number of fused-ring (bicyclic) bond motifs is 1. The van der Waals surface area contributed by atoms with E-state index in [-0.39, 0.29) is 11.9 Å². The van der Waals surface area contributed by atoms with E-state index in [1.54, 1.807) is 4.90 Å². The first-order chi connectivity index (χ1) is 16.6. The maximum absolute atomic E-state index is 13.6. The number of pyridine rings is 1. The molecule has 3 aromatic carbocycles. The number of aryl methyl sites for hydroxylation is 1. The van der Waals surface area contributed by atoms with E-state index in [4.69, 9.17) is 4.98 Å². The number of para-hydroxylation sites is 2. The molecule has 1 fully saturated rings. The number of hydrogen-bond acceptors (Lipinski definition) is 3. The number of amides is 3. The van der Waals surface area contributed by atoms with Crippen molar-refractivity contribution in [2.24, 2.45) is 0 Å². The van der Waals surface area contributed by atoms with Gasteiger partial charge in [-0.05, 0) is 30.7 Å². The van der Waals surface area contributed by atoms with Gasteiger partial charge in [0, 0.05) is 42.8 Å². The van der Waals surface area contributed by atoms with Gasteiger partial charge in [-0.25, -0.2) is 9.78 Å². The van der Waals surface area contributed by atoms with Gasteiger partial charge >= 0.3 is 6.03 Å². The maximum atomic E-state index is 13.6. The highest BCUT2D eigenvalue weighted by Gasteiger charge is 2.26. The summed E-state index contributed by atoms with van der Waals surface area (Å²) in [5, 5.41) is 3.82. The number of aromatic nitrogens is 1. The van der Waals surface area contributed by atoms with Crippen LogP contribution in [0.5, 0.6) is 0 Å². The molecule has 6 nitrogen and oxygen atoms in total. The first kappa shape index (κ1) is 21.6. The average Bonchev–Trinajstić information content (AvgIpc) is 2.89. The molecular formula is C28H26N4O2. The maximum Gasteiger partial charge on any atom is 0.321 e. The average molecular weight is 451 g/mol. The van der Waals surface area contributed by atoms with Crippen LogP contribution >= 0.6 is 0 Å². The molecule has 0 radical (unpaired) electrons. The minimum atomic E-state index is -0.137. The van der Waals surface area contributed by atoms with Crippen molar-refractivity contribution in [2.75, 3.05) is 31.5 Å². The van der Waals surface area contributed by atoms with E-state index in [1.807, 2.05) is 96.8 Å². The molecule has 2 heterocycles. The van der Waals surface area contributed by atoms with E-state index in [0.717, 1.165) is 33.4 Å². The lowest BCUT2D eigenvalue weighted by Crippen LogP contribution is -2.51. The molecule has 0 bridgehead atoms. The van der Waals surface area contributed by atoms with Gasteiger partial charge in [0.05, 0.1) is 16.8 Å². The van der Waals surface area contributed by atoms with Crippen LogP contribution in [0.2, 0.25) is 0 Å². The number of nitrogens with zero attached hydrogens (tertiary/aromatic N) is 3. The Kier molecular flexibility index (Phi) is 5.95. The molecule has 1 saturated heterocycles. The number of urea groups is 1. The molecular weight excluding hydrogens is 424 g/mol. The van der Waals surface area contributed by atoms with Gasteiger partial charge in [-0.1, -0.05) is 66.7 Å². The van der Waals surface area contributed by atoms with E-state index < -0.39 is 0 Å². The van der Waals surface area contributed by atoms with Gasteiger partial charge in [-0.15, -0.1) is 0 Å². The second-order valence-electron chi connectivity index (χ2n) is 8.46. The van der Waals surface area contributed by atoms with E-state index in [1.165, 1.54) is 0 Å². The predicted molar refractivity (Wildman–Crippen MR) is 135 cm³/mol. The zero-order valence-corrected chi connectivity index (χ0v) is 19.1. The van der Waals surface area contributed by atoms with Crippen molar-refractivity contribution < 1.29 is 9.59 Å². The summed E-state index contributed by atoms with van der Waals surface area (Å²) < 4.78 is 0. The Morgan fingerprint density at radius 2 is 1.44 bits per heavy atom. The van der Waals surface area contributed by atoms with Crippen LogP contribution in [0.1, 0.15) is 15.9 Å². The van der Waals surface area contributed by atoms with E-state index in [9.17, 15) is 9.59 Å². The Morgan fingerprint density at radius 1 is 0.794 bits per heavy atom. The van der Waals surface area contributed by atoms with Gasteiger partial charge < -0.3 is 15.1 Å². The van der Waals surface area contributed by atoms with Crippen molar-refractivity contribution in [1.82, 2.24) is 14.8 Å². The summed E-state index contributed by atoms with van der Waals surface area (Å²) in [6.07, 6.45) is 0.